The Balaban J connectivity index is 1.52. The third-order valence-electron chi connectivity index (χ3n) is 5.66. The molecule has 0 aliphatic carbocycles. The van der Waals surface area contributed by atoms with Crippen LogP contribution in [0.3, 0.4) is 0 Å². The number of hydrogen-bond donors (Lipinski definition) is 2. The highest BCUT2D eigenvalue weighted by molar-refractivity contribution is 7.89. The molecule has 32 heavy (non-hydrogen) atoms. The molecular weight excluding hydrogens is 429 g/mol. The quantitative estimate of drug-likeness (QED) is 0.599. The number of benzene rings is 3. The Morgan fingerprint density at radius 3 is 2.03 bits per heavy atom. The van der Waals surface area contributed by atoms with E-state index in [1.165, 1.54) is 28.6 Å². The fourth-order valence-corrected chi connectivity index (χ4v) is 5.47. The second-order valence-corrected chi connectivity index (χ2v) is 9.65. The lowest BCUT2D eigenvalue weighted by Crippen LogP contribution is -3.16. The first-order chi connectivity index (χ1) is 15.4. The Morgan fingerprint density at radius 1 is 0.875 bits per heavy atom. The highest BCUT2D eigenvalue weighted by atomic mass is 32.2. The zero-order valence-electron chi connectivity index (χ0n) is 17.4. The Kier molecular flexibility index (Phi) is 6.64. The van der Waals surface area contributed by atoms with E-state index in [1.54, 1.807) is 30.3 Å². The predicted molar refractivity (Wildman–Crippen MR) is 120 cm³/mol. The topological polar surface area (TPSA) is 70.9 Å². The Labute approximate surface area is 187 Å². The van der Waals surface area contributed by atoms with Crippen molar-refractivity contribution in [3.63, 3.8) is 0 Å². The smallest absolute Gasteiger partial charge is 0.287 e. The number of piperazine rings is 1. The summed E-state index contributed by atoms with van der Waals surface area (Å²) < 4.78 is 40.6. The van der Waals surface area contributed by atoms with Gasteiger partial charge in [0.2, 0.25) is 10.0 Å². The van der Waals surface area contributed by atoms with Crippen LogP contribution in [0, 0.1) is 5.82 Å². The first-order valence-corrected chi connectivity index (χ1v) is 11.9. The fourth-order valence-electron chi connectivity index (χ4n) is 4.01. The van der Waals surface area contributed by atoms with Crippen LogP contribution in [0.1, 0.15) is 11.6 Å². The number of halogens is 1. The highest BCUT2D eigenvalue weighted by Gasteiger charge is 2.37. The van der Waals surface area contributed by atoms with E-state index in [0.29, 0.717) is 31.9 Å². The molecule has 3 aromatic rings. The van der Waals surface area contributed by atoms with Gasteiger partial charge in [-0.1, -0.05) is 48.5 Å². The Morgan fingerprint density at radius 2 is 1.44 bits per heavy atom. The van der Waals surface area contributed by atoms with Crippen LogP contribution >= 0.6 is 0 Å². The van der Waals surface area contributed by atoms with Crippen LogP contribution in [0.2, 0.25) is 0 Å². The van der Waals surface area contributed by atoms with Gasteiger partial charge in [0.1, 0.15) is 5.82 Å². The van der Waals surface area contributed by atoms with E-state index in [-0.39, 0.29) is 16.6 Å². The molecule has 0 radical (unpaired) electrons. The number of rotatable bonds is 6. The van der Waals surface area contributed by atoms with Gasteiger partial charge < -0.3 is 10.2 Å². The average molecular weight is 455 g/mol. The van der Waals surface area contributed by atoms with Crippen LogP contribution in [-0.2, 0) is 14.8 Å². The summed E-state index contributed by atoms with van der Waals surface area (Å²) in [5, 5.41) is 2.87. The van der Waals surface area contributed by atoms with Gasteiger partial charge in [-0.2, -0.15) is 4.31 Å². The number of carbonyl (C=O) groups excluding carboxylic acids is 1. The summed E-state index contributed by atoms with van der Waals surface area (Å²) in [6, 6.07) is 23.0. The molecule has 2 N–H and O–H groups in total. The first kappa shape index (κ1) is 22.1. The molecular formula is C24H25FN3O3S+. The molecule has 3 aromatic carbocycles. The maximum Gasteiger partial charge on any atom is 0.287 e. The van der Waals surface area contributed by atoms with E-state index < -0.39 is 16.1 Å². The molecule has 166 valence electrons. The van der Waals surface area contributed by atoms with Crippen molar-refractivity contribution in [3.05, 3.63) is 96.3 Å². The van der Waals surface area contributed by atoms with Gasteiger partial charge in [-0.3, -0.25) is 4.79 Å². The van der Waals surface area contributed by atoms with Crippen LogP contribution in [-0.4, -0.2) is 44.8 Å². The normalized spacial score (nSPS) is 16.4. The van der Waals surface area contributed by atoms with Crippen molar-refractivity contribution in [3.8, 4) is 0 Å². The summed E-state index contributed by atoms with van der Waals surface area (Å²) in [4.78, 5) is 14.5. The molecule has 0 spiro atoms. The molecule has 1 aliphatic heterocycles. The molecule has 1 heterocycles. The molecule has 1 aliphatic rings. The second-order valence-electron chi connectivity index (χ2n) is 7.72. The molecule has 0 aromatic heterocycles. The highest BCUT2D eigenvalue weighted by Crippen LogP contribution is 2.18. The van der Waals surface area contributed by atoms with Crippen molar-refractivity contribution in [2.75, 3.05) is 31.5 Å². The minimum absolute atomic E-state index is 0.211. The van der Waals surface area contributed by atoms with E-state index in [0.717, 1.165) is 10.5 Å². The van der Waals surface area contributed by atoms with Crippen LogP contribution in [0.4, 0.5) is 10.1 Å². The van der Waals surface area contributed by atoms with Crippen molar-refractivity contribution >= 4 is 21.6 Å². The van der Waals surface area contributed by atoms with E-state index >= 15 is 0 Å². The summed E-state index contributed by atoms with van der Waals surface area (Å²) in [5.74, 6) is -0.582. The molecule has 0 unspecified atom stereocenters. The van der Waals surface area contributed by atoms with Gasteiger partial charge in [0.05, 0.1) is 31.1 Å². The molecule has 1 atom stereocenters. The number of quaternary nitrogens is 1. The van der Waals surface area contributed by atoms with Crippen molar-refractivity contribution in [2.24, 2.45) is 0 Å². The van der Waals surface area contributed by atoms with Crippen molar-refractivity contribution in [1.29, 1.82) is 0 Å². The fraction of sp³-hybridized carbons (Fsp3) is 0.208. The summed E-state index contributed by atoms with van der Waals surface area (Å²) in [6.45, 7) is 1.62. The number of amides is 1. The monoisotopic (exact) mass is 454 g/mol. The number of carbonyl (C=O) groups is 1. The molecule has 1 saturated heterocycles. The van der Waals surface area contributed by atoms with Crippen LogP contribution in [0.25, 0.3) is 0 Å². The number of hydrogen-bond acceptors (Lipinski definition) is 3. The van der Waals surface area contributed by atoms with E-state index in [4.69, 9.17) is 0 Å². The van der Waals surface area contributed by atoms with Gasteiger partial charge in [0.25, 0.3) is 5.91 Å². The van der Waals surface area contributed by atoms with Gasteiger partial charge in [-0.25, -0.2) is 12.8 Å². The summed E-state index contributed by atoms with van der Waals surface area (Å²) >= 11 is 0. The molecule has 8 heteroatoms. The zero-order chi connectivity index (χ0) is 22.6. The van der Waals surface area contributed by atoms with E-state index in [2.05, 4.69) is 5.32 Å². The van der Waals surface area contributed by atoms with Crippen LogP contribution in [0.15, 0.2) is 89.8 Å². The summed E-state index contributed by atoms with van der Waals surface area (Å²) in [7, 11) is -3.56. The number of nitrogens with one attached hydrogen (secondary N) is 2. The van der Waals surface area contributed by atoms with Crippen molar-refractivity contribution < 1.29 is 22.5 Å². The largest absolute Gasteiger partial charge is 0.321 e. The van der Waals surface area contributed by atoms with Crippen LogP contribution in [0.5, 0.6) is 0 Å². The lowest BCUT2D eigenvalue weighted by Gasteiger charge is -2.35. The number of anilines is 1. The standard InChI is InChI=1S/C24H24FN3O3S/c25-20-11-13-21(14-12-20)26-24(29)23(19-7-3-1-4-8-19)27-15-17-28(18-16-27)32(30,31)22-9-5-2-6-10-22/h1-14,23H,15-18H2,(H,26,29)/p+1/t23-/m0/s1. The maximum atomic E-state index is 13.2. The van der Waals surface area contributed by atoms with Crippen molar-refractivity contribution in [2.45, 2.75) is 10.9 Å². The predicted octanol–water partition coefficient (Wildman–Crippen LogP) is 2.09. The SMILES string of the molecule is O=C(Nc1ccc(F)cc1)[C@H](c1ccccc1)[NH+]1CCN(S(=O)(=O)c2ccccc2)CC1. The third kappa shape index (κ3) is 4.88. The van der Waals surface area contributed by atoms with Gasteiger partial charge in [0, 0.05) is 11.3 Å². The third-order valence-corrected chi connectivity index (χ3v) is 7.57. The molecule has 4 rings (SSSR count). The molecule has 6 nitrogen and oxygen atoms in total. The van der Waals surface area contributed by atoms with Crippen LogP contribution < -0.4 is 10.2 Å². The number of nitrogens with zero attached hydrogens (tertiary/aromatic N) is 1. The van der Waals surface area contributed by atoms with E-state index in [9.17, 15) is 17.6 Å². The first-order valence-electron chi connectivity index (χ1n) is 10.5. The lowest BCUT2D eigenvalue weighted by molar-refractivity contribution is -0.925. The maximum absolute atomic E-state index is 13.2. The lowest BCUT2D eigenvalue weighted by atomic mass is 10.0. The average Bonchev–Trinajstić information content (AvgIpc) is 2.82. The summed E-state index contributed by atoms with van der Waals surface area (Å²) in [6.07, 6.45) is 0. The van der Waals surface area contributed by atoms with Gasteiger partial charge >= 0.3 is 0 Å². The minimum Gasteiger partial charge on any atom is -0.321 e. The van der Waals surface area contributed by atoms with Crippen molar-refractivity contribution in [1.82, 2.24) is 4.31 Å². The number of sulfonamides is 1. The van der Waals surface area contributed by atoms with Gasteiger partial charge in [-0.05, 0) is 36.4 Å². The molecule has 1 fully saturated rings. The minimum atomic E-state index is -3.56. The molecule has 1 amide bonds. The summed E-state index contributed by atoms with van der Waals surface area (Å²) in [5.41, 5.74) is 1.36. The molecule has 0 saturated carbocycles. The van der Waals surface area contributed by atoms with Gasteiger partial charge in [-0.15, -0.1) is 0 Å². The van der Waals surface area contributed by atoms with Gasteiger partial charge in [0.15, 0.2) is 6.04 Å². The Hall–Kier alpha value is -3.07. The van der Waals surface area contributed by atoms with E-state index in [1.807, 2.05) is 30.3 Å². The second kappa shape index (κ2) is 9.60. The zero-order valence-corrected chi connectivity index (χ0v) is 18.3. The molecule has 0 bridgehead atoms. The Bertz CT molecular complexity index is 1150.